The van der Waals surface area contributed by atoms with E-state index in [1.165, 1.54) is 7.11 Å². The number of nitrogens with zero attached hydrogens (tertiary/aromatic N) is 1. The van der Waals surface area contributed by atoms with Crippen molar-refractivity contribution in [3.05, 3.63) is 48.0 Å². The number of Topliss-reactive ketones (excluding diaryl/α,β-unsaturated/α-hetero) is 1. The van der Waals surface area contributed by atoms with Gasteiger partial charge in [-0.05, 0) is 54.2 Å². The van der Waals surface area contributed by atoms with Crippen molar-refractivity contribution >= 4 is 40.2 Å². The molecule has 0 saturated carbocycles. The molecule has 1 fully saturated rings. The van der Waals surface area contributed by atoms with Crippen LogP contribution in [0, 0.1) is 0 Å². The van der Waals surface area contributed by atoms with Gasteiger partial charge in [0.15, 0.2) is 5.78 Å². The lowest BCUT2D eigenvalue weighted by Gasteiger charge is -2.36. The van der Waals surface area contributed by atoms with Crippen molar-refractivity contribution < 1.29 is 24.2 Å². The molecule has 1 amide bonds. The molecule has 202 valence electrons. The van der Waals surface area contributed by atoms with E-state index in [4.69, 9.17) is 10.5 Å². The molecule has 1 saturated heterocycles. The van der Waals surface area contributed by atoms with Crippen LogP contribution in [0.5, 0.6) is 0 Å². The van der Waals surface area contributed by atoms with Crippen molar-refractivity contribution in [3.63, 3.8) is 0 Å². The van der Waals surface area contributed by atoms with E-state index in [0.29, 0.717) is 18.7 Å². The molecule has 0 spiro atoms. The van der Waals surface area contributed by atoms with Crippen molar-refractivity contribution in [1.82, 2.24) is 15.5 Å². The molecule has 10 heteroatoms. The van der Waals surface area contributed by atoms with Crippen LogP contribution in [-0.4, -0.2) is 90.6 Å². The molecule has 4 atom stereocenters. The summed E-state index contributed by atoms with van der Waals surface area (Å²) in [4.78, 5) is 40.9. The van der Waals surface area contributed by atoms with Crippen LogP contribution >= 0.6 is 11.8 Å². The number of carbonyl (C=O) groups excluding carboxylic acids is 3. The number of carbonyl (C=O) groups is 3. The molecular weight excluding hydrogens is 492 g/mol. The predicted molar refractivity (Wildman–Crippen MR) is 146 cm³/mol. The number of rotatable bonds is 14. The van der Waals surface area contributed by atoms with Gasteiger partial charge < -0.3 is 26.2 Å². The number of thioether (sulfide) groups is 1. The maximum absolute atomic E-state index is 13.5. The molecule has 0 bridgehead atoms. The van der Waals surface area contributed by atoms with Crippen molar-refractivity contribution in [2.24, 2.45) is 5.73 Å². The fourth-order valence-corrected chi connectivity index (χ4v) is 5.35. The molecule has 0 radical (unpaired) electrons. The van der Waals surface area contributed by atoms with Crippen molar-refractivity contribution in [3.8, 4) is 0 Å². The third kappa shape index (κ3) is 7.75. The molecule has 1 heterocycles. The number of fused-ring (bicyclic) bond motifs is 1. The number of esters is 1. The van der Waals surface area contributed by atoms with Crippen molar-refractivity contribution in [2.75, 3.05) is 38.8 Å². The van der Waals surface area contributed by atoms with E-state index in [1.807, 2.05) is 53.6 Å². The Balaban J connectivity index is 1.94. The topological polar surface area (TPSA) is 134 Å². The average molecular weight is 531 g/mol. The van der Waals surface area contributed by atoms with Crippen molar-refractivity contribution in [1.29, 1.82) is 0 Å². The molecular formula is C27H38N4O5S. The molecule has 3 rings (SSSR count). The number of amides is 1. The van der Waals surface area contributed by atoms with E-state index in [2.05, 4.69) is 10.6 Å². The number of aliphatic hydroxyl groups is 1. The lowest BCUT2D eigenvalue weighted by Crippen LogP contribution is -2.59. The smallest absolute Gasteiger partial charge is 0.328 e. The second-order valence-electron chi connectivity index (χ2n) is 9.31. The van der Waals surface area contributed by atoms with Crippen LogP contribution in [0.2, 0.25) is 0 Å². The SMILES string of the molecule is COC(=O)[C@H](CCSC)NC(=O)CN(Cc1cccc2ccccc12)C(C(=O)[C@@H](N)CO)[C@@H]1CCCN1. The minimum absolute atomic E-state index is 0.122. The Labute approximate surface area is 222 Å². The Morgan fingerprint density at radius 1 is 1.24 bits per heavy atom. The van der Waals surface area contributed by atoms with E-state index in [9.17, 15) is 19.5 Å². The molecule has 2 aromatic rings. The predicted octanol–water partition coefficient (Wildman–Crippen LogP) is 1.06. The van der Waals surface area contributed by atoms with Crippen LogP contribution in [0.25, 0.3) is 10.8 Å². The van der Waals surface area contributed by atoms with E-state index in [1.54, 1.807) is 11.8 Å². The molecule has 2 aromatic carbocycles. The van der Waals surface area contributed by atoms with E-state index >= 15 is 0 Å². The number of benzene rings is 2. The van der Waals surface area contributed by atoms with Gasteiger partial charge in [0.2, 0.25) is 5.91 Å². The lowest BCUT2D eigenvalue weighted by atomic mass is 9.94. The molecule has 1 aliphatic rings. The summed E-state index contributed by atoms with van der Waals surface area (Å²) in [6, 6.07) is 11.1. The zero-order valence-electron chi connectivity index (χ0n) is 21.5. The van der Waals surface area contributed by atoms with Gasteiger partial charge in [-0.25, -0.2) is 4.79 Å². The number of ether oxygens (including phenoxy) is 1. The minimum Gasteiger partial charge on any atom is -0.467 e. The summed E-state index contributed by atoms with van der Waals surface area (Å²) in [6.45, 7) is 0.476. The number of aliphatic hydroxyl groups excluding tert-OH is 1. The standard InChI is InChI=1S/C27H38N4O5S/c1-36-27(35)23(12-14-37-2)30-24(33)16-31(15-19-9-5-8-18-7-3-4-10-20(18)19)25(22-11-6-13-29-22)26(34)21(28)17-32/h3-5,7-10,21-23,25,29,32H,6,11-17,28H2,1-2H3,(H,30,33)/t21-,22-,23-,25?/m0/s1. The van der Waals surface area contributed by atoms with Crippen LogP contribution in [0.15, 0.2) is 42.5 Å². The summed E-state index contributed by atoms with van der Waals surface area (Å²) in [6.07, 6.45) is 4.01. The Hall–Kier alpha value is -2.50. The molecule has 1 aliphatic heterocycles. The third-order valence-corrected chi connectivity index (χ3v) is 7.40. The summed E-state index contributed by atoms with van der Waals surface area (Å²) >= 11 is 1.57. The summed E-state index contributed by atoms with van der Waals surface area (Å²) in [5.41, 5.74) is 6.98. The van der Waals surface area contributed by atoms with Crippen LogP contribution in [0.4, 0.5) is 0 Å². The maximum atomic E-state index is 13.5. The third-order valence-electron chi connectivity index (χ3n) is 6.76. The van der Waals surface area contributed by atoms with Crippen LogP contribution in [0.1, 0.15) is 24.8 Å². The van der Waals surface area contributed by atoms with Gasteiger partial charge in [0.1, 0.15) is 6.04 Å². The fraction of sp³-hybridized carbons (Fsp3) is 0.519. The fourth-order valence-electron chi connectivity index (χ4n) is 4.88. The molecule has 0 aliphatic carbocycles. The number of methoxy groups -OCH3 is 1. The molecule has 37 heavy (non-hydrogen) atoms. The van der Waals surface area contributed by atoms with Gasteiger partial charge in [0, 0.05) is 12.6 Å². The highest BCUT2D eigenvalue weighted by Gasteiger charge is 2.38. The van der Waals surface area contributed by atoms with Gasteiger partial charge in [0.25, 0.3) is 0 Å². The summed E-state index contributed by atoms with van der Waals surface area (Å²) < 4.78 is 4.89. The Kier molecular flexibility index (Phi) is 11.3. The van der Waals surface area contributed by atoms with Gasteiger partial charge in [-0.3, -0.25) is 14.5 Å². The summed E-state index contributed by atoms with van der Waals surface area (Å²) in [7, 11) is 1.30. The van der Waals surface area contributed by atoms with Gasteiger partial charge in [-0.1, -0.05) is 42.5 Å². The number of hydrogen-bond acceptors (Lipinski definition) is 9. The first-order valence-electron chi connectivity index (χ1n) is 12.6. The Morgan fingerprint density at radius 2 is 2.00 bits per heavy atom. The molecule has 1 unspecified atom stereocenters. The number of nitrogens with two attached hydrogens (primary N) is 1. The Bertz CT molecular complexity index is 1060. The van der Waals surface area contributed by atoms with Gasteiger partial charge in [-0.15, -0.1) is 0 Å². The number of ketones is 1. The second-order valence-corrected chi connectivity index (χ2v) is 10.3. The second kappa shape index (κ2) is 14.4. The Morgan fingerprint density at radius 3 is 2.68 bits per heavy atom. The highest BCUT2D eigenvalue weighted by Crippen LogP contribution is 2.24. The first-order valence-corrected chi connectivity index (χ1v) is 14.0. The van der Waals surface area contributed by atoms with Gasteiger partial charge >= 0.3 is 5.97 Å². The average Bonchev–Trinajstić information content (AvgIpc) is 3.44. The van der Waals surface area contributed by atoms with Crippen LogP contribution in [0.3, 0.4) is 0 Å². The molecule has 9 nitrogen and oxygen atoms in total. The minimum atomic E-state index is -1.06. The van der Waals surface area contributed by atoms with E-state index < -0.39 is 30.7 Å². The van der Waals surface area contributed by atoms with Crippen molar-refractivity contribution in [2.45, 2.75) is 50.0 Å². The van der Waals surface area contributed by atoms with Gasteiger partial charge in [0.05, 0.1) is 32.3 Å². The summed E-state index contributed by atoms with van der Waals surface area (Å²) in [5, 5.41) is 17.9. The molecule has 0 aromatic heterocycles. The van der Waals surface area contributed by atoms with Crippen LogP contribution < -0.4 is 16.4 Å². The first kappa shape index (κ1) is 29.1. The van der Waals surface area contributed by atoms with Crippen LogP contribution in [-0.2, 0) is 25.7 Å². The van der Waals surface area contributed by atoms with E-state index in [0.717, 1.165) is 35.7 Å². The zero-order chi connectivity index (χ0) is 26.8. The lowest BCUT2D eigenvalue weighted by molar-refractivity contribution is -0.145. The quantitative estimate of drug-likeness (QED) is 0.265. The highest BCUT2D eigenvalue weighted by molar-refractivity contribution is 7.98. The monoisotopic (exact) mass is 530 g/mol. The zero-order valence-corrected chi connectivity index (χ0v) is 22.3. The van der Waals surface area contributed by atoms with E-state index in [-0.39, 0.29) is 24.3 Å². The van der Waals surface area contributed by atoms with Gasteiger partial charge in [-0.2, -0.15) is 11.8 Å². The normalized spacial score (nSPS) is 17.9. The first-order chi connectivity index (χ1) is 17.9. The number of hydrogen-bond donors (Lipinski definition) is 4. The highest BCUT2D eigenvalue weighted by atomic mass is 32.2. The molecule has 5 N–H and O–H groups in total. The number of nitrogens with one attached hydrogen (secondary N) is 2. The summed E-state index contributed by atoms with van der Waals surface area (Å²) in [5.74, 6) is -0.527. The largest absolute Gasteiger partial charge is 0.467 e. The maximum Gasteiger partial charge on any atom is 0.328 e.